The van der Waals surface area contributed by atoms with Crippen LogP contribution in [0.2, 0.25) is 0 Å². The zero-order valence-corrected chi connectivity index (χ0v) is 16.5. The van der Waals surface area contributed by atoms with E-state index in [1.807, 2.05) is 20.8 Å². The average molecular weight is 393 g/mol. The molecule has 1 saturated heterocycles. The molecule has 1 fully saturated rings. The normalized spacial score (nSPS) is 20.6. The SMILES string of the molecule is CN(CCCNC1=NCC2CN(C(=O)OC(C)(C)C)CCN12)CC(F)(F)F. The minimum absolute atomic E-state index is 0.113. The van der Waals surface area contributed by atoms with Crippen molar-refractivity contribution in [3.63, 3.8) is 0 Å². The van der Waals surface area contributed by atoms with E-state index in [2.05, 4.69) is 15.2 Å². The first kappa shape index (κ1) is 21.6. The van der Waals surface area contributed by atoms with Crippen LogP contribution in [-0.2, 0) is 4.74 Å². The minimum atomic E-state index is -4.17. The van der Waals surface area contributed by atoms with E-state index in [1.165, 1.54) is 11.9 Å². The van der Waals surface area contributed by atoms with Crippen LogP contribution >= 0.6 is 0 Å². The molecular formula is C17H30F3N5O2. The van der Waals surface area contributed by atoms with Gasteiger partial charge in [0.25, 0.3) is 0 Å². The van der Waals surface area contributed by atoms with Gasteiger partial charge in [-0.05, 0) is 40.8 Å². The molecule has 2 aliphatic rings. The van der Waals surface area contributed by atoms with Gasteiger partial charge in [0.15, 0.2) is 5.96 Å². The molecule has 1 amide bonds. The van der Waals surface area contributed by atoms with Crippen LogP contribution in [0.1, 0.15) is 27.2 Å². The summed E-state index contributed by atoms with van der Waals surface area (Å²) in [5, 5.41) is 3.21. The van der Waals surface area contributed by atoms with E-state index >= 15 is 0 Å². The molecule has 0 bridgehead atoms. The monoisotopic (exact) mass is 393 g/mol. The van der Waals surface area contributed by atoms with Crippen molar-refractivity contribution in [2.45, 2.75) is 45.0 Å². The number of rotatable bonds is 5. The van der Waals surface area contributed by atoms with Gasteiger partial charge >= 0.3 is 12.3 Å². The number of aliphatic imine (C=N–C) groups is 1. The molecule has 2 heterocycles. The molecule has 0 aliphatic carbocycles. The predicted molar refractivity (Wildman–Crippen MR) is 96.8 cm³/mol. The molecular weight excluding hydrogens is 363 g/mol. The lowest BCUT2D eigenvalue weighted by atomic mass is 10.2. The van der Waals surface area contributed by atoms with Gasteiger partial charge in [0.2, 0.25) is 0 Å². The number of hydrogen-bond acceptors (Lipinski definition) is 6. The minimum Gasteiger partial charge on any atom is -0.444 e. The van der Waals surface area contributed by atoms with E-state index in [4.69, 9.17) is 4.74 Å². The van der Waals surface area contributed by atoms with Gasteiger partial charge in [-0.1, -0.05) is 0 Å². The molecule has 0 radical (unpaired) electrons. The van der Waals surface area contributed by atoms with Crippen LogP contribution in [0.4, 0.5) is 18.0 Å². The van der Waals surface area contributed by atoms with Crippen LogP contribution in [0.5, 0.6) is 0 Å². The molecule has 2 rings (SSSR count). The van der Waals surface area contributed by atoms with Gasteiger partial charge in [0.05, 0.1) is 19.1 Å². The fourth-order valence-corrected chi connectivity index (χ4v) is 3.16. The maximum Gasteiger partial charge on any atom is 0.410 e. The van der Waals surface area contributed by atoms with Crippen LogP contribution in [0.25, 0.3) is 0 Å². The van der Waals surface area contributed by atoms with Gasteiger partial charge in [-0.15, -0.1) is 0 Å². The number of piperazine rings is 1. The number of carbonyl (C=O) groups excluding carboxylic acids is 1. The van der Waals surface area contributed by atoms with Gasteiger partial charge in [-0.2, -0.15) is 13.2 Å². The Labute approximate surface area is 158 Å². The van der Waals surface area contributed by atoms with E-state index in [9.17, 15) is 18.0 Å². The van der Waals surface area contributed by atoms with E-state index in [0.717, 1.165) is 5.96 Å². The van der Waals surface area contributed by atoms with Crippen LogP contribution in [0.15, 0.2) is 4.99 Å². The first-order chi connectivity index (χ1) is 12.4. The van der Waals surface area contributed by atoms with Crippen molar-refractivity contribution in [1.29, 1.82) is 0 Å². The molecule has 1 N–H and O–H groups in total. The maximum absolute atomic E-state index is 12.3. The van der Waals surface area contributed by atoms with Crippen LogP contribution in [-0.4, -0.2) is 97.4 Å². The summed E-state index contributed by atoms with van der Waals surface area (Å²) in [7, 11) is 1.46. The number of ether oxygens (including phenoxy) is 1. The van der Waals surface area contributed by atoms with Crippen molar-refractivity contribution in [1.82, 2.24) is 20.0 Å². The third-order valence-corrected chi connectivity index (χ3v) is 4.31. The Balaban J connectivity index is 1.70. The van der Waals surface area contributed by atoms with E-state index in [-0.39, 0.29) is 12.1 Å². The molecule has 0 saturated carbocycles. The molecule has 2 aliphatic heterocycles. The lowest BCUT2D eigenvalue weighted by Crippen LogP contribution is -2.57. The quantitative estimate of drug-likeness (QED) is 0.722. The Morgan fingerprint density at radius 3 is 2.67 bits per heavy atom. The van der Waals surface area contributed by atoms with Gasteiger partial charge in [-0.3, -0.25) is 9.89 Å². The van der Waals surface area contributed by atoms with E-state index in [0.29, 0.717) is 45.7 Å². The van der Waals surface area contributed by atoms with Gasteiger partial charge in [0.1, 0.15) is 5.60 Å². The molecule has 10 heteroatoms. The molecule has 156 valence electrons. The smallest absolute Gasteiger partial charge is 0.410 e. The molecule has 27 heavy (non-hydrogen) atoms. The third-order valence-electron chi connectivity index (χ3n) is 4.31. The second kappa shape index (κ2) is 8.53. The topological polar surface area (TPSA) is 60.4 Å². The summed E-state index contributed by atoms with van der Waals surface area (Å²) >= 11 is 0. The lowest BCUT2D eigenvalue weighted by Gasteiger charge is -2.39. The van der Waals surface area contributed by atoms with Crippen molar-refractivity contribution >= 4 is 12.1 Å². The van der Waals surface area contributed by atoms with Crippen molar-refractivity contribution in [3.05, 3.63) is 0 Å². The van der Waals surface area contributed by atoms with Crippen molar-refractivity contribution < 1.29 is 22.7 Å². The standard InChI is InChI=1S/C17H30F3N5O2/c1-16(2,3)27-15(26)24-8-9-25-13(11-24)10-22-14(25)21-6-5-7-23(4)12-17(18,19)20/h13H,5-12H2,1-4H3,(H,21,22). The van der Waals surface area contributed by atoms with Crippen molar-refractivity contribution in [2.75, 3.05) is 52.9 Å². The first-order valence-electron chi connectivity index (χ1n) is 9.23. The number of guanidine groups is 1. The van der Waals surface area contributed by atoms with Crippen molar-refractivity contribution in [3.8, 4) is 0 Å². The first-order valence-corrected chi connectivity index (χ1v) is 9.23. The fraction of sp³-hybridized carbons (Fsp3) is 0.882. The van der Waals surface area contributed by atoms with Crippen LogP contribution in [0.3, 0.4) is 0 Å². The zero-order valence-electron chi connectivity index (χ0n) is 16.5. The number of carbonyl (C=O) groups is 1. The molecule has 7 nitrogen and oxygen atoms in total. The lowest BCUT2D eigenvalue weighted by molar-refractivity contribution is -0.143. The number of alkyl halides is 3. The number of halogens is 3. The molecule has 0 spiro atoms. The summed E-state index contributed by atoms with van der Waals surface area (Å²) in [6.07, 6.45) is -3.89. The fourth-order valence-electron chi connectivity index (χ4n) is 3.16. The highest BCUT2D eigenvalue weighted by Gasteiger charge is 2.36. The van der Waals surface area contributed by atoms with Crippen molar-refractivity contribution in [2.24, 2.45) is 4.99 Å². The van der Waals surface area contributed by atoms with Gasteiger partial charge in [-0.25, -0.2) is 4.79 Å². The third kappa shape index (κ3) is 7.08. The Bertz CT molecular complexity index is 548. The number of fused-ring (bicyclic) bond motifs is 1. The number of amides is 1. The van der Waals surface area contributed by atoms with Crippen LogP contribution < -0.4 is 5.32 Å². The highest BCUT2D eigenvalue weighted by Crippen LogP contribution is 2.19. The maximum atomic E-state index is 12.3. The molecule has 1 unspecified atom stereocenters. The largest absolute Gasteiger partial charge is 0.444 e. The summed E-state index contributed by atoms with van der Waals surface area (Å²) in [5.41, 5.74) is -0.521. The summed E-state index contributed by atoms with van der Waals surface area (Å²) in [6.45, 7) is 7.89. The Hall–Kier alpha value is -1.71. The van der Waals surface area contributed by atoms with Gasteiger partial charge < -0.3 is 19.9 Å². The number of nitrogens with one attached hydrogen (secondary N) is 1. The summed E-state index contributed by atoms with van der Waals surface area (Å²) in [5.74, 6) is 0.766. The highest BCUT2D eigenvalue weighted by atomic mass is 19.4. The summed E-state index contributed by atoms with van der Waals surface area (Å²) in [6, 6.07) is 0.113. The highest BCUT2D eigenvalue weighted by molar-refractivity contribution is 5.82. The second-order valence-corrected chi connectivity index (χ2v) is 8.07. The average Bonchev–Trinajstić information content (AvgIpc) is 2.90. The van der Waals surface area contributed by atoms with Crippen LogP contribution in [0, 0.1) is 0 Å². The summed E-state index contributed by atoms with van der Waals surface area (Å²) < 4.78 is 42.3. The summed E-state index contributed by atoms with van der Waals surface area (Å²) in [4.78, 5) is 21.8. The number of hydrogen-bond donors (Lipinski definition) is 1. The Morgan fingerprint density at radius 1 is 1.33 bits per heavy atom. The predicted octanol–water partition coefficient (Wildman–Crippen LogP) is 1.75. The zero-order chi connectivity index (χ0) is 20.2. The Morgan fingerprint density at radius 2 is 2.04 bits per heavy atom. The second-order valence-electron chi connectivity index (χ2n) is 8.07. The molecule has 0 aromatic carbocycles. The van der Waals surface area contributed by atoms with E-state index in [1.54, 1.807) is 4.90 Å². The van der Waals surface area contributed by atoms with E-state index < -0.39 is 18.3 Å². The number of nitrogens with zero attached hydrogens (tertiary/aromatic N) is 4. The molecule has 1 atom stereocenters. The Kier molecular flexibility index (Phi) is 6.82. The van der Waals surface area contributed by atoms with Gasteiger partial charge in [0, 0.05) is 26.2 Å². The molecule has 0 aromatic heterocycles. The molecule has 0 aromatic rings.